The molecule has 0 aliphatic heterocycles. The van der Waals surface area contributed by atoms with Crippen molar-refractivity contribution in [3.8, 4) is 11.7 Å². The molecule has 0 unspecified atom stereocenters. The Morgan fingerprint density at radius 1 is 1.78 bits per heavy atom. The van der Waals surface area contributed by atoms with E-state index in [9.17, 15) is 0 Å². The topological polar surface area (TPSA) is 42.6 Å². The average Bonchev–Trinajstić information content (AvgIpc) is 2.18. The molecule has 1 N–H and O–H groups in total. The van der Waals surface area contributed by atoms with Gasteiger partial charge in [-0.25, -0.2) is 0 Å². The van der Waals surface area contributed by atoms with Gasteiger partial charge in [-0.05, 0) is 6.92 Å². The minimum absolute atomic E-state index is 0.156. The van der Waals surface area contributed by atoms with E-state index in [-0.39, 0.29) is 5.95 Å². The molecule has 50 valence electrons. The standard InChI is InChI=1S/C6H8O3/c1-2-8-5-3-4-9-6(5)7/h3-4,7H,2H2,1H3. The molecule has 0 saturated heterocycles. The van der Waals surface area contributed by atoms with Crippen LogP contribution in [0.3, 0.4) is 0 Å². The molecule has 0 amide bonds. The van der Waals surface area contributed by atoms with Gasteiger partial charge in [0.25, 0.3) is 0 Å². The first-order valence-corrected chi connectivity index (χ1v) is 2.74. The van der Waals surface area contributed by atoms with Crippen molar-refractivity contribution in [2.24, 2.45) is 0 Å². The predicted molar refractivity (Wildman–Crippen MR) is 31.5 cm³/mol. The number of furan rings is 1. The van der Waals surface area contributed by atoms with Gasteiger partial charge in [0.05, 0.1) is 12.9 Å². The SMILES string of the molecule is CCOc1ccoc1O. The van der Waals surface area contributed by atoms with E-state index in [4.69, 9.17) is 9.84 Å². The molecule has 1 aromatic heterocycles. The highest BCUT2D eigenvalue weighted by Gasteiger charge is 2.01. The van der Waals surface area contributed by atoms with Gasteiger partial charge in [-0.1, -0.05) is 0 Å². The Morgan fingerprint density at radius 2 is 2.56 bits per heavy atom. The molecule has 0 bridgehead atoms. The molecular weight excluding hydrogens is 120 g/mol. The lowest BCUT2D eigenvalue weighted by atomic mass is 10.6. The van der Waals surface area contributed by atoms with E-state index in [2.05, 4.69) is 4.42 Å². The van der Waals surface area contributed by atoms with E-state index < -0.39 is 0 Å². The number of ether oxygens (including phenoxy) is 1. The van der Waals surface area contributed by atoms with Crippen LogP contribution in [0.25, 0.3) is 0 Å². The highest BCUT2D eigenvalue weighted by atomic mass is 16.5. The monoisotopic (exact) mass is 128 g/mol. The van der Waals surface area contributed by atoms with Gasteiger partial charge in [0.1, 0.15) is 0 Å². The van der Waals surface area contributed by atoms with E-state index in [0.717, 1.165) is 0 Å². The zero-order valence-electron chi connectivity index (χ0n) is 5.13. The Morgan fingerprint density at radius 3 is 3.00 bits per heavy atom. The van der Waals surface area contributed by atoms with Crippen molar-refractivity contribution in [1.82, 2.24) is 0 Å². The van der Waals surface area contributed by atoms with Gasteiger partial charge in [-0.2, -0.15) is 0 Å². The zero-order chi connectivity index (χ0) is 6.69. The van der Waals surface area contributed by atoms with Gasteiger partial charge in [-0.15, -0.1) is 0 Å². The third kappa shape index (κ3) is 1.16. The first-order valence-electron chi connectivity index (χ1n) is 2.74. The minimum Gasteiger partial charge on any atom is -0.487 e. The van der Waals surface area contributed by atoms with Gasteiger partial charge in [0, 0.05) is 6.07 Å². The van der Waals surface area contributed by atoms with E-state index in [0.29, 0.717) is 12.4 Å². The van der Waals surface area contributed by atoms with Crippen molar-refractivity contribution in [2.45, 2.75) is 6.92 Å². The highest BCUT2D eigenvalue weighted by Crippen LogP contribution is 2.25. The molecule has 1 heterocycles. The summed E-state index contributed by atoms with van der Waals surface area (Å²) in [6.45, 7) is 2.37. The molecule has 0 spiro atoms. The molecule has 0 aliphatic rings. The van der Waals surface area contributed by atoms with Crippen LogP contribution in [0.4, 0.5) is 0 Å². The molecule has 0 atom stereocenters. The van der Waals surface area contributed by atoms with Crippen LogP contribution < -0.4 is 4.74 Å². The largest absolute Gasteiger partial charge is 0.487 e. The summed E-state index contributed by atoms with van der Waals surface area (Å²) in [4.78, 5) is 0. The normalized spacial score (nSPS) is 9.44. The molecule has 0 radical (unpaired) electrons. The smallest absolute Gasteiger partial charge is 0.326 e. The molecule has 3 heteroatoms. The number of hydrogen-bond acceptors (Lipinski definition) is 3. The Balaban J connectivity index is 2.69. The molecular formula is C6H8O3. The fraction of sp³-hybridized carbons (Fsp3) is 0.333. The molecule has 3 nitrogen and oxygen atoms in total. The maximum absolute atomic E-state index is 8.79. The summed E-state index contributed by atoms with van der Waals surface area (Å²) in [5, 5.41) is 8.79. The second-order valence-corrected chi connectivity index (χ2v) is 1.52. The van der Waals surface area contributed by atoms with Crippen molar-refractivity contribution in [3.63, 3.8) is 0 Å². The first kappa shape index (κ1) is 6.01. The summed E-state index contributed by atoms with van der Waals surface area (Å²) in [6.07, 6.45) is 1.38. The van der Waals surface area contributed by atoms with Crippen molar-refractivity contribution in [1.29, 1.82) is 0 Å². The quantitative estimate of drug-likeness (QED) is 0.654. The fourth-order valence-electron chi connectivity index (χ4n) is 0.555. The fourth-order valence-corrected chi connectivity index (χ4v) is 0.555. The number of rotatable bonds is 2. The Labute approximate surface area is 52.9 Å². The van der Waals surface area contributed by atoms with Gasteiger partial charge >= 0.3 is 5.95 Å². The maximum atomic E-state index is 8.79. The summed E-state index contributed by atoms with van der Waals surface area (Å²) >= 11 is 0. The molecule has 1 aromatic rings. The van der Waals surface area contributed by atoms with E-state index in [1.54, 1.807) is 6.07 Å². The Hall–Kier alpha value is -1.12. The third-order valence-corrected chi connectivity index (χ3v) is 0.910. The van der Waals surface area contributed by atoms with Crippen molar-refractivity contribution in [3.05, 3.63) is 12.3 Å². The van der Waals surface area contributed by atoms with Crippen LogP contribution in [0.2, 0.25) is 0 Å². The zero-order valence-corrected chi connectivity index (χ0v) is 5.13. The van der Waals surface area contributed by atoms with Crippen molar-refractivity contribution >= 4 is 0 Å². The molecule has 0 aromatic carbocycles. The first-order chi connectivity index (χ1) is 4.34. The molecule has 0 saturated carbocycles. The van der Waals surface area contributed by atoms with Crippen molar-refractivity contribution in [2.75, 3.05) is 6.61 Å². The Kier molecular flexibility index (Phi) is 1.63. The number of hydrogen-bond donors (Lipinski definition) is 1. The van der Waals surface area contributed by atoms with E-state index >= 15 is 0 Å². The van der Waals surface area contributed by atoms with Crippen LogP contribution in [0.1, 0.15) is 6.92 Å². The van der Waals surface area contributed by atoms with Gasteiger partial charge in [0.15, 0.2) is 0 Å². The average molecular weight is 128 g/mol. The van der Waals surface area contributed by atoms with E-state index in [1.165, 1.54) is 6.26 Å². The van der Waals surface area contributed by atoms with Crippen LogP contribution in [-0.2, 0) is 0 Å². The highest BCUT2D eigenvalue weighted by molar-refractivity contribution is 5.28. The number of aromatic hydroxyl groups is 1. The summed E-state index contributed by atoms with van der Waals surface area (Å²) in [5.74, 6) is 0.245. The lowest BCUT2D eigenvalue weighted by molar-refractivity contribution is 0.277. The third-order valence-electron chi connectivity index (χ3n) is 0.910. The lowest BCUT2D eigenvalue weighted by Gasteiger charge is -1.95. The Bertz CT molecular complexity index is 180. The molecule has 1 rings (SSSR count). The minimum atomic E-state index is -0.156. The van der Waals surface area contributed by atoms with Crippen LogP contribution in [0, 0.1) is 0 Å². The van der Waals surface area contributed by atoms with Gasteiger partial charge < -0.3 is 14.3 Å². The van der Waals surface area contributed by atoms with Crippen LogP contribution >= 0.6 is 0 Å². The predicted octanol–water partition coefficient (Wildman–Crippen LogP) is 1.38. The summed E-state index contributed by atoms with van der Waals surface area (Å²) in [5.41, 5.74) is 0. The van der Waals surface area contributed by atoms with E-state index in [1.807, 2.05) is 6.92 Å². The van der Waals surface area contributed by atoms with Crippen LogP contribution in [0.15, 0.2) is 16.7 Å². The summed E-state index contributed by atoms with van der Waals surface area (Å²) in [6, 6.07) is 1.57. The van der Waals surface area contributed by atoms with Crippen molar-refractivity contribution < 1.29 is 14.3 Å². The lowest BCUT2D eigenvalue weighted by Crippen LogP contribution is -1.88. The molecule has 0 aliphatic carbocycles. The van der Waals surface area contributed by atoms with Crippen LogP contribution in [-0.4, -0.2) is 11.7 Å². The summed E-state index contributed by atoms with van der Waals surface area (Å²) in [7, 11) is 0. The molecule has 9 heavy (non-hydrogen) atoms. The second-order valence-electron chi connectivity index (χ2n) is 1.52. The van der Waals surface area contributed by atoms with Gasteiger partial charge in [0.2, 0.25) is 5.75 Å². The van der Waals surface area contributed by atoms with Gasteiger partial charge in [-0.3, -0.25) is 0 Å². The second kappa shape index (κ2) is 2.44. The maximum Gasteiger partial charge on any atom is 0.326 e. The van der Waals surface area contributed by atoms with Crippen LogP contribution in [0.5, 0.6) is 11.7 Å². The summed E-state index contributed by atoms with van der Waals surface area (Å²) < 4.78 is 9.48. The molecule has 0 fully saturated rings.